The highest BCUT2D eigenvalue weighted by Crippen LogP contribution is 2.27. The summed E-state index contributed by atoms with van der Waals surface area (Å²) in [5.41, 5.74) is 0.279. The molecule has 1 amide bonds. The first kappa shape index (κ1) is 21.6. The van der Waals surface area contributed by atoms with E-state index in [2.05, 4.69) is 15.5 Å². The third-order valence-corrected chi connectivity index (χ3v) is 6.60. The maximum Gasteiger partial charge on any atom is 0.284 e. The molecule has 0 atom stereocenters. The summed E-state index contributed by atoms with van der Waals surface area (Å²) in [6.07, 6.45) is 4.45. The number of nitrogens with zero attached hydrogens (tertiary/aromatic N) is 4. The Kier molecular flexibility index (Phi) is 6.17. The molecule has 2 N–H and O–H groups in total. The number of benzene rings is 1. The highest BCUT2D eigenvalue weighted by molar-refractivity contribution is 7.99. The minimum Gasteiger partial charge on any atom is -0.394 e. The quantitative estimate of drug-likeness (QED) is 0.607. The van der Waals surface area contributed by atoms with Gasteiger partial charge in [-0.15, -0.1) is 0 Å². The molecule has 0 radical (unpaired) electrons. The van der Waals surface area contributed by atoms with E-state index in [1.807, 2.05) is 0 Å². The van der Waals surface area contributed by atoms with Crippen molar-refractivity contribution in [1.29, 1.82) is 0 Å². The molecule has 1 aromatic carbocycles. The number of nitrogens with one attached hydrogen (secondary N) is 1. The number of amides is 1. The zero-order valence-corrected chi connectivity index (χ0v) is 18.5. The number of carbonyl (C=O) groups is 1. The largest absolute Gasteiger partial charge is 0.394 e. The summed E-state index contributed by atoms with van der Waals surface area (Å²) in [6.45, 7) is -0.175. The van der Waals surface area contributed by atoms with Crippen LogP contribution in [0, 0.1) is 0 Å². The van der Waals surface area contributed by atoms with Crippen molar-refractivity contribution in [2.24, 2.45) is 7.05 Å². The summed E-state index contributed by atoms with van der Waals surface area (Å²) in [7, 11) is 1.73. The lowest BCUT2D eigenvalue weighted by Crippen LogP contribution is -2.54. The van der Waals surface area contributed by atoms with E-state index in [-0.39, 0.29) is 12.2 Å². The number of carbonyl (C=O) groups excluding carboxylic acids is 1. The molecule has 1 saturated heterocycles. The van der Waals surface area contributed by atoms with E-state index >= 15 is 0 Å². The van der Waals surface area contributed by atoms with Crippen molar-refractivity contribution in [2.75, 3.05) is 18.1 Å². The Balaban J connectivity index is 1.80. The lowest BCUT2D eigenvalue weighted by molar-refractivity contribution is 0.0815. The van der Waals surface area contributed by atoms with Gasteiger partial charge in [0.25, 0.3) is 11.5 Å². The van der Waals surface area contributed by atoms with Crippen LogP contribution in [0.1, 0.15) is 23.2 Å². The van der Waals surface area contributed by atoms with Gasteiger partial charge in [-0.3, -0.25) is 14.3 Å². The molecule has 1 fully saturated rings. The molecule has 2 aromatic heterocycles. The van der Waals surface area contributed by atoms with Crippen molar-refractivity contribution in [3.63, 3.8) is 0 Å². The van der Waals surface area contributed by atoms with E-state index in [1.54, 1.807) is 54.0 Å². The van der Waals surface area contributed by atoms with Crippen LogP contribution in [-0.4, -0.2) is 54.2 Å². The van der Waals surface area contributed by atoms with Crippen LogP contribution in [0.5, 0.6) is 0 Å². The van der Waals surface area contributed by atoms with Gasteiger partial charge < -0.3 is 10.4 Å². The first-order valence-corrected chi connectivity index (χ1v) is 11.3. The second-order valence-corrected chi connectivity index (χ2v) is 9.21. The van der Waals surface area contributed by atoms with Crippen molar-refractivity contribution in [3.05, 3.63) is 63.7 Å². The van der Waals surface area contributed by atoms with Gasteiger partial charge in [-0.25, -0.2) is 0 Å². The fourth-order valence-electron chi connectivity index (χ4n) is 3.50. The summed E-state index contributed by atoms with van der Waals surface area (Å²) in [5, 5.41) is 22.0. The van der Waals surface area contributed by atoms with Gasteiger partial charge in [-0.2, -0.15) is 26.6 Å². The topological polar surface area (TPSA) is 102 Å². The van der Waals surface area contributed by atoms with Crippen molar-refractivity contribution in [3.8, 4) is 16.9 Å². The van der Waals surface area contributed by atoms with Gasteiger partial charge in [0.15, 0.2) is 0 Å². The minimum atomic E-state index is -0.725. The molecule has 3 aromatic rings. The molecule has 1 aliphatic rings. The van der Waals surface area contributed by atoms with E-state index in [0.29, 0.717) is 34.8 Å². The van der Waals surface area contributed by atoms with Crippen LogP contribution in [0.4, 0.5) is 0 Å². The first-order chi connectivity index (χ1) is 14.9. The summed E-state index contributed by atoms with van der Waals surface area (Å²) < 4.78 is 2.73. The Morgan fingerprint density at radius 2 is 2.00 bits per heavy atom. The molecule has 3 heterocycles. The third kappa shape index (κ3) is 4.53. The molecule has 8 nitrogen and oxygen atoms in total. The lowest BCUT2D eigenvalue weighted by Gasteiger charge is -2.36. The highest BCUT2D eigenvalue weighted by Gasteiger charge is 2.34. The van der Waals surface area contributed by atoms with Gasteiger partial charge in [-0.05, 0) is 42.5 Å². The molecular weight excluding hydrogens is 438 g/mol. The molecule has 0 saturated carbocycles. The molecule has 0 unspecified atom stereocenters. The Hall–Kier alpha value is -2.62. The van der Waals surface area contributed by atoms with Crippen molar-refractivity contribution in [1.82, 2.24) is 24.9 Å². The van der Waals surface area contributed by atoms with E-state index in [9.17, 15) is 14.7 Å². The highest BCUT2D eigenvalue weighted by atomic mass is 35.5. The third-order valence-electron chi connectivity index (χ3n) is 5.36. The average Bonchev–Trinajstić information content (AvgIpc) is 3.21. The Bertz CT molecular complexity index is 1150. The second kappa shape index (κ2) is 8.86. The number of aliphatic hydroxyl groups excluding tert-OH is 1. The molecule has 0 aliphatic carbocycles. The number of hydrogen-bond acceptors (Lipinski definition) is 6. The van der Waals surface area contributed by atoms with Crippen molar-refractivity contribution >= 4 is 29.3 Å². The molecule has 0 spiro atoms. The van der Waals surface area contributed by atoms with Crippen LogP contribution in [0.2, 0.25) is 5.02 Å². The average molecular weight is 460 g/mol. The fraction of sp³-hybridized carbons (Fsp3) is 0.333. The number of thioether (sulfide) groups is 1. The number of aliphatic hydroxyl groups is 1. The molecule has 4 rings (SSSR count). The number of hydrogen-bond donors (Lipinski definition) is 2. The smallest absolute Gasteiger partial charge is 0.284 e. The maximum absolute atomic E-state index is 13.2. The van der Waals surface area contributed by atoms with Gasteiger partial charge in [-0.1, -0.05) is 23.7 Å². The monoisotopic (exact) mass is 459 g/mol. The van der Waals surface area contributed by atoms with Gasteiger partial charge in [0.1, 0.15) is 11.3 Å². The summed E-state index contributed by atoms with van der Waals surface area (Å²) in [6, 6.07) is 8.48. The zero-order valence-electron chi connectivity index (χ0n) is 16.9. The fourth-order valence-corrected chi connectivity index (χ4v) is 4.90. The number of rotatable bonds is 5. The van der Waals surface area contributed by atoms with Crippen LogP contribution < -0.4 is 10.9 Å². The number of halogens is 1. The van der Waals surface area contributed by atoms with Crippen LogP contribution in [0.3, 0.4) is 0 Å². The molecule has 0 bridgehead atoms. The zero-order chi connectivity index (χ0) is 22.0. The SMILES string of the molecule is Cn1cc(-n2nc(-c3ccc(Cl)cc3)cc(C(=O)NC3(CO)CCSCC3)c2=O)cn1. The Morgan fingerprint density at radius 3 is 2.61 bits per heavy atom. The second-order valence-electron chi connectivity index (χ2n) is 7.54. The van der Waals surface area contributed by atoms with E-state index in [0.717, 1.165) is 11.5 Å². The Morgan fingerprint density at radius 1 is 1.29 bits per heavy atom. The van der Waals surface area contributed by atoms with Crippen LogP contribution in [-0.2, 0) is 7.05 Å². The predicted octanol–water partition coefficient (Wildman–Crippen LogP) is 2.27. The van der Waals surface area contributed by atoms with Crippen LogP contribution >= 0.6 is 23.4 Å². The van der Waals surface area contributed by atoms with E-state index < -0.39 is 17.0 Å². The molecule has 31 heavy (non-hydrogen) atoms. The van der Waals surface area contributed by atoms with Gasteiger partial charge in [0, 0.05) is 17.6 Å². The van der Waals surface area contributed by atoms with Crippen molar-refractivity contribution in [2.45, 2.75) is 18.4 Å². The van der Waals surface area contributed by atoms with Gasteiger partial charge >= 0.3 is 0 Å². The summed E-state index contributed by atoms with van der Waals surface area (Å²) >= 11 is 7.78. The number of aromatic nitrogens is 4. The van der Waals surface area contributed by atoms with E-state index in [1.165, 1.54) is 16.9 Å². The maximum atomic E-state index is 13.2. The van der Waals surface area contributed by atoms with Crippen LogP contribution in [0.15, 0.2) is 47.5 Å². The van der Waals surface area contributed by atoms with E-state index in [4.69, 9.17) is 11.6 Å². The lowest BCUT2D eigenvalue weighted by atomic mass is 9.92. The van der Waals surface area contributed by atoms with Crippen molar-refractivity contribution < 1.29 is 9.90 Å². The standard InChI is InChI=1S/C21H22ClN5O3S/c1-26-12-16(11-23-26)27-20(30)17(10-18(25-27)14-2-4-15(22)5-3-14)19(29)24-21(13-28)6-8-31-9-7-21/h2-5,10-12,28H,6-9,13H2,1H3,(H,24,29). The normalized spacial score (nSPS) is 15.6. The minimum absolute atomic E-state index is 0.0464. The van der Waals surface area contributed by atoms with Gasteiger partial charge in [0.2, 0.25) is 0 Å². The molecular formula is C21H22ClN5O3S. The molecule has 162 valence electrons. The molecule has 1 aliphatic heterocycles. The summed E-state index contributed by atoms with van der Waals surface area (Å²) in [4.78, 5) is 26.4. The predicted molar refractivity (Wildman–Crippen MR) is 121 cm³/mol. The summed E-state index contributed by atoms with van der Waals surface area (Å²) in [5.74, 6) is 1.15. The molecule has 10 heteroatoms. The number of aryl methyl sites for hydroxylation is 1. The Labute approximate surface area is 188 Å². The van der Waals surface area contributed by atoms with Crippen LogP contribution in [0.25, 0.3) is 16.9 Å². The van der Waals surface area contributed by atoms with Gasteiger partial charge in [0.05, 0.1) is 30.2 Å². The first-order valence-electron chi connectivity index (χ1n) is 9.81.